The molecule has 0 spiro atoms. The van der Waals surface area contributed by atoms with Crippen LogP contribution in [0.2, 0.25) is 0 Å². The molecule has 1 heterocycles. The zero-order valence-electron chi connectivity index (χ0n) is 15.0. The maximum absolute atomic E-state index is 12.3. The number of hydrogen-bond acceptors (Lipinski definition) is 4. The molecule has 0 bridgehead atoms. The van der Waals surface area contributed by atoms with Gasteiger partial charge in [-0.25, -0.2) is 17.9 Å². The topological polar surface area (TPSA) is 75.7 Å². The van der Waals surface area contributed by atoms with E-state index in [2.05, 4.69) is 10.8 Å². The highest BCUT2D eigenvalue weighted by atomic mass is 32.2. The summed E-state index contributed by atoms with van der Waals surface area (Å²) < 4.78 is 31.3. The molecule has 1 aliphatic rings. The van der Waals surface area contributed by atoms with Gasteiger partial charge >= 0.3 is 6.09 Å². The summed E-state index contributed by atoms with van der Waals surface area (Å²) in [5.41, 5.74) is 1.09. The van der Waals surface area contributed by atoms with Crippen molar-refractivity contribution in [1.82, 2.24) is 9.62 Å². The van der Waals surface area contributed by atoms with Gasteiger partial charge in [0.25, 0.3) is 0 Å². The summed E-state index contributed by atoms with van der Waals surface area (Å²) in [5, 5.41) is 2.24. The third-order valence-corrected chi connectivity index (χ3v) is 5.59. The van der Waals surface area contributed by atoms with Gasteiger partial charge in [0.2, 0.25) is 10.0 Å². The molecule has 0 aliphatic carbocycles. The third-order valence-electron chi connectivity index (χ3n) is 4.86. The Morgan fingerprint density at radius 2 is 1.96 bits per heavy atom. The minimum Gasteiger partial charge on any atom is -0.453 e. The lowest BCUT2D eigenvalue weighted by Crippen LogP contribution is -2.57. The molecule has 1 N–H and O–H groups in total. The molecule has 0 aromatic heterocycles. The summed E-state index contributed by atoms with van der Waals surface area (Å²) in [6.07, 6.45) is 2.71. The van der Waals surface area contributed by atoms with Gasteiger partial charge in [-0.2, -0.15) is 0 Å². The van der Waals surface area contributed by atoms with E-state index in [1.165, 1.54) is 7.11 Å². The minimum atomic E-state index is -3.38. The molecule has 1 amide bonds. The summed E-state index contributed by atoms with van der Waals surface area (Å²) in [6.45, 7) is 0.560. The molecule has 6 nitrogen and oxygen atoms in total. The number of piperidine rings is 1. The summed E-state index contributed by atoms with van der Waals surface area (Å²) >= 11 is 0. The van der Waals surface area contributed by atoms with Crippen LogP contribution in [0.3, 0.4) is 0 Å². The van der Waals surface area contributed by atoms with Crippen LogP contribution in [0.15, 0.2) is 42.5 Å². The number of benzene rings is 2. The third kappa shape index (κ3) is 4.16. The molecule has 26 heavy (non-hydrogen) atoms. The first kappa shape index (κ1) is 18.7. The lowest BCUT2D eigenvalue weighted by Gasteiger charge is -2.40. The summed E-state index contributed by atoms with van der Waals surface area (Å²) in [5.74, 6) is 0. The number of nitrogens with zero attached hydrogens (tertiary/aromatic N) is 1. The molecule has 1 aliphatic heterocycles. The van der Waals surface area contributed by atoms with E-state index in [1.54, 1.807) is 4.90 Å². The fraction of sp³-hybridized carbons (Fsp3) is 0.421. The number of likely N-dealkylation sites (tertiary alicyclic amines) is 1. The number of fused-ring (bicyclic) bond motifs is 1. The highest BCUT2D eigenvalue weighted by Gasteiger charge is 2.36. The molecule has 3 rings (SSSR count). The van der Waals surface area contributed by atoms with E-state index in [0.29, 0.717) is 19.4 Å². The van der Waals surface area contributed by atoms with Gasteiger partial charge in [0.15, 0.2) is 0 Å². The van der Waals surface area contributed by atoms with Gasteiger partial charge in [0.05, 0.1) is 19.4 Å². The number of sulfonamides is 1. The van der Waals surface area contributed by atoms with E-state index >= 15 is 0 Å². The van der Waals surface area contributed by atoms with Crippen molar-refractivity contribution in [2.24, 2.45) is 0 Å². The Balaban J connectivity index is 1.97. The molecule has 1 saturated heterocycles. The average Bonchev–Trinajstić information content (AvgIpc) is 2.61. The number of rotatable bonds is 4. The monoisotopic (exact) mass is 376 g/mol. The number of methoxy groups -OCH3 is 1. The van der Waals surface area contributed by atoms with Crippen molar-refractivity contribution < 1.29 is 17.9 Å². The second kappa shape index (κ2) is 7.63. The SMILES string of the molecule is COC(=O)N1CCC[C@@H](NS(C)(=O)=O)[C@H]1Cc1cccc2ccccc12. The van der Waals surface area contributed by atoms with E-state index in [1.807, 2.05) is 36.4 Å². The van der Waals surface area contributed by atoms with Gasteiger partial charge < -0.3 is 9.64 Å². The van der Waals surface area contributed by atoms with E-state index in [9.17, 15) is 13.2 Å². The maximum atomic E-state index is 12.3. The maximum Gasteiger partial charge on any atom is 0.409 e. The number of amides is 1. The first-order valence-corrected chi connectivity index (χ1v) is 10.6. The van der Waals surface area contributed by atoms with Crippen LogP contribution in [0.5, 0.6) is 0 Å². The van der Waals surface area contributed by atoms with E-state index < -0.39 is 16.1 Å². The van der Waals surface area contributed by atoms with E-state index in [0.717, 1.165) is 29.0 Å². The molecule has 1 fully saturated rings. The number of nitrogens with one attached hydrogen (secondary N) is 1. The fourth-order valence-electron chi connectivity index (χ4n) is 3.76. The molecule has 140 valence electrons. The van der Waals surface area contributed by atoms with Crippen molar-refractivity contribution in [2.75, 3.05) is 19.9 Å². The zero-order valence-corrected chi connectivity index (χ0v) is 15.8. The Morgan fingerprint density at radius 3 is 2.69 bits per heavy atom. The molecular formula is C19H24N2O4S. The van der Waals surface area contributed by atoms with Crippen molar-refractivity contribution in [3.63, 3.8) is 0 Å². The van der Waals surface area contributed by atoms with Crippen LogP contribution in [0.4, 0.5) is 4.79 Å². The number of carbonyl (C=O) groups is 1. The molecule has 2 atom stereocenters. The van der Waals surface area contributed by atoms with Crippen LogP contribution in [0.1, 0.15) is 18.4 Å². The molecular weight excluding hydrogens is 352 g/mol. The lowest BCUT2D eigenvalue weighted by molar-refractivity contribution is 0.0793. The van der Waals surface area contributed by atoms with Crippen LogP contribution >= 0.6 is 0 Å². The highest BCUT2D eigenvalue weighted by Crippen LogP contribution is 2.26. The lowest BCUT2D eigenvalue weighted by atomic mass is 9.90. The fourth-order valence-corrected chi connectivity index (χ4v) is 4.59. The number of carbonyl (C=O) groups excluding carboxylic acids is 1. The molecule has 0 radical (unpaired) electrons. The molecule has 0 unspecified atom stereocenters. The first-order valence-electron chi connectivity index (χ1n) is 8.67. The Bertz CT molecular complexity index is 892. The van der Waals surface area contributed by atoms with Crippen molar-refractivity contribution in [1.29, 1.82) is 0 Å². The van der Waals surface area contributed by atoms with Crippen LogP contribution in [0, 0.1) is 0 Å². The Labute approximate surface area is 154 Å². The van der Waals surface area contributed by atoms with Crippen LogP contribution < -0.4 is 4.72 Å². The van der Waals surface area contributed by atoms with Gasteiger partial charge in [-0.1, -0.05) is 42.5 Å². The van der Waals surface area contributed by atoms with Gasteiger partial charge in [-0.05, 0) is 35.6 Å². The van der Waals surface area contributed by atoms with Crippen molar-refractivity contribution in [3.05, 3.63) is 48.0 Å². The standard InChI is InChI=1S/C19H24N2O4S/c1-25-19(22)21-12-6-11-17(20-26(2,23)24)18(21)13-15-9-5-8-14-7-3-4-10-16(14)15/h3-5,7-10,17-18,20H,6,11-13H2,1-2H3/t17-,18-/m1/s1. The van der Waals surface area contributed by atoms with E-state index in [4.69, 9.17) is 4.74 Å². The Kier molecular flexibility index (Phi) is 5.48. The zero-order chi connectivity index (χ0) is 18.7. The molecule has 2 aromatic rings. The summed E-state index contributed by atoms with van der Waals surface area (Å²) in [7, 11) is -2.02. The van der Waals surface area contributed by atoms with Gasteiger partial charge in [-0.15, -0.1) is 0 Å². The first-order chi connectivity index (χ1) is 12.4. The van der Waals surface area contributed by atoms with Gasteiger partial charge in [0, 0.05) is 12.6 Å². The molecule has 0 saturated carbocycles. The van der Waals surface area contributed by atoms with Gasteiger partial charge in [-0.3, -0.25) is 0 Å². The molecule has 7 heteroatoms. The largest absolute Gasteiger partial charge is 0.453 e. The minimum absolute atomic E-state index is 0.295. The number of ether oxygens (including phenoxy) is 1. The summed E-state index contributed by atoms with van der Waals surface area (Å²) in [6, 6.07) is 13.5. The quantitative estimate of drug-likeness (QED) is 0.890. The summed E-state index contributed by atoms with van der Waals surface area (Å²) in [4.78, 5) is 13.9. The van der Waals surface area contributed by atoms with Crippen molar-refractivity contribution in [2.45, 2.75) is 31.3 Å². The predicted octanol–water partition coefficient (Wildman–Crippen LogP) is 2.53. The Morgan fingerprint density at radius 1 is 1.23 bits per heavy atom. The van der Waals surface area contributed by atoms with E-state index in [-0.39, 0.29) is 12.1 Å². The second-order valence-corrected chi connectivity index (χ2v) is 8.49. The van der Waals surface area contributed by atoms with Crippen molar-refractivity contribution in [3.8, 4) is 0 Å². The smallest absolute Gasteiger partial charge is 0.409 e. The number of hydrogen-bond donors (Lipinski definition) is 1. The van der Waals surface area contributed by atoms with Crippen molar-refractivity contribution >= 4 is 26.9 Å². The van der Waals surface area contributed by atoms with Crippen LogP contribution in [-0.2, 0) is 21.2 Å². The predicted molar refractivity (Wildman–Crippen MR) is 102 cm³/mol. The van der Waals surface area contributed by atoms with Crippen LogP contribution in [-0.4, -0.2) is 51.4 Å². The van der Waals surface area contributed by atoms with Gasteiger partial charge in [0.1, 0.15) is 0 Å². The Hall–Kier alpha value is -2.12. The molecule has 2 aromatic carbocycles. The normalized spacial score (nSPS) is 20.9. The average molecular weight is 376 g/mol. The highest BCUT2D eigenvalue weighted by molar-refractivity contribution is 7.88. The second-order valence-electron chi connectivity index (χ2n) is 6.71. The van der Waals surface area contributed by atoms with Crippen LogP contribution in [0.25, 0.3) is 10.8 Å².